The summed E-state index contributed by atoms with van der Waals surface area (Å²) < 4.78 is 1.81. The Bertz CT molecular complexity index is 374. The van der Waals surface area contributed by atoms with E-state index in [1.54, 1.807) is 0 Å². The number of hydrogen-bond donors (Lipinski definition) is 1. The quantitative estimate of drug-likeness (QED) is 0.728. The van der Waals surface area contributed by atoms with Crippen molar-refractivity contribution < 1.29 is 0 Å². The molecule has 0 aliphatic heterocycles. The Hall–Kier alpha value is -1.42. The van der Waals surface area contributed by atoms with E-state index in [9.17, 15) is 0 Å². The Morgan fingerprint density at radius 2 is 2.36 bits per heavy atom. The highest BCUT2D eigenvalue weighted by Crippen LogP contribution is 2.01. The number of nitrogens with zero attached hydrogens (tertiary/aromatic N) is 3. The first-order valence-corrected chi connectivity index (χ1v) is 4.85. The predicted molar refractivity (Wildman–Crippen MR) is 55.2 cm³/mol. The molecule has 0 amide bonds. The molecule has 0 saturated carbocycles. The fourth-order valence-electron chi connectivity index (χ4n) is 1.41. The topological polar surface area (TPSA) is 42.2 Å². The Morgan fingerprint density at radius 1 is 1.43 bits per heavy atom. The Labute approximate surface area is 83.0 Å². The van der Waals surface area contributed by atoms with E-state index in [4.69, 9.17) is 0 Å². The Morgan fingerprint density at radius 3 is 3.14 bits per heavy atom. The lowest BCUT2D eigenvalue weighted by molar-refractivity contribution is 0.701. The summed E-state index contributed by atoms with van der Waals surface area (Å²) in [4.78, 5) is 4.41. The van der Waals surface area contributed by atoms with Crippen LogP contribution in [0.15, 0.2) is 24.4 Å². The molecule has 0 fully saturated rings. The standard InChI is InChI=1S/C10H14N4/c1-11-7-4-5-9-12-10-6-2-3-8-14(10)13-9/h2-3,6,8,11H,4-5,7H2,1H3. The summed E-state index contributed by atoms with van der Waals surface area (Å²) in [6, 6.07) is 5.90. The summed E-state index contributed by atoms with van der Waals surface area (Å²) in [5.41, 5.74) is 0.923. The highest BCUT2D eigenvalue weighted by Gasteiger charge is 2.01. The van der Waals surface area contributed by atoms with Crippen molar-refractivity contribution in [3.63, 3.8) is 0 Å². The molecule has 0 unspecified atom stereocenters. The molecule has 2 rings (SSSR count). The number of fused-ring (bicyclic) bond motifs is 1. The van der Waals surface area contributed by atoms with Crippen molar-refractivity contribution in [1.29, 1.82) is 0 Å². The second kappa shape index (κ2) is 4.19. The molecule has 0 saturated heterocycles. The van der Waals surface area contributed by atoms with Crippen LogP contribution in [0.25, 0.3) is 5.65 Å². The SMILES string of the molecule is CNCCCc1nc2ccccn2n1. The van der Waals surface area contributed by atoms with E-state index in [1.165, 1.54) is 0 Å². The second-order valence-corrected chi connectivity index (χ2v) is 3.24. The van der Waals surface area contributed by atoms with Gasteiger partial charge in [-0.05, 0) is 32.1 Å². The van der Waals surface area contributed by atoms with E-state index in [2.05, 4.69) is 15.4 Å². The van der Waals surface area contributed by atoms with E-state index in [0.717, 1.165) is 30.9 Å². The van der Waals surface area contributed by atoms with Crippen LogP contribution in [0.4, 0.5) is 0 Å². The highest BCUT2D eigenvalue weighted by atomic mass is 15.3. The van der Waals surface area contributed by atoms with Crippen molar-refractivity contribution in [2.24, 2.45) is 0 Å². The molecule has 0 aliphatic rings. The van der Waals surface area contributed by atoms with Gasteiger partial charge in [0.25, 0.3) is 0 Å². The maximum atomic E-state index is 4.41. The van der Waals surface area contributed by atoms with Crippen LogP contribution in [-0.4, -0.2) is 28.2 Å². The van der Waals surface area contributed by atoms with E-state index in [-0.39, 0.29) is 0 Å². The summed E-state index contributed by atoms with van der Waals surface area (Å²) in [6.07, 6.45) is 3.93. The highest BCUT2D eigenvalue weighted by molar-refractivity contribution is 5.36. The van der Waals surface area contributed by atoms with Crippen LogP contribution in [0.5, 0.6) is 0 Å². The van der Waals surface area contributed by atoms with Gasteiger partial charge in [0.15, 0.2) is 11.5 Å². The molecule has 4 heteroatoms. The van der Waals surface area contributed by atoms with Gasteiger partial charge >= 0.3 is 0 Å². The summed E-state index contributed by atoms with van der Waals surface area (Å²) in [5.74, 6) is 0.923. The monoisotopic (exact) mass is 190 g/mol. The molecule has 2 aromatic rings. The zero-order valence-electron chi connectivity index (χ0n) is 8.27. The summed E-state index contributed by atoms with van der Waals surface area (Å²) >= 11 is 0. The van der Waals surface area contributed by atoms with Gasteiger partial charge in [0.05, 0.1) is 0 Å². The molecular formula is C10H14N4. The Balaban J connectivity index is 2.11. The van der Waals surface area contributed by atoms with Crippen LogP contribution in [0, 0.1) is 0 Å². The first kappa shape index (κ1) is 9.15. The third kappa shape index (κ3) is 1.90. The van der Waals surface area contributed by atoms with Gasteiger partial charge in [-0.2, -0.15) is 5.10 Å². The largest absolute Gasteiger partial charge is 0.320 e. The first-order valence-electron chi connectivity index (χ1n) is 4.85. The molecule has 14 heavy (non-hydrogen) atoms. The fraction of sp³-hybridized carbons (Fsp3) is 0.400. The molecule has 0 radical (unpaired) electrons. The molecular weight excluding hydrogens is 176 g/mol. The number of pyridine rings is 1. The molecule has 0 aromatic carbocycles. The molecule has 0 atom stereocenters. The molecule has 1 N–H and O–H groups in total. The molecule has 2 aromatic heterocycles. The van der Waals surface area contributed by atoms with Gasteiger partial charge in [-0.15, -0.1) is 0 Å². The van der Waals surface area contributed by atoms with Gasteiger partial charge in [-0.1, -0.05) is 6.07 Å². The van der Waals surface area contributed by atoms with E-state index >= 15 is 0 Å². The lowest BCUT2D eigenvalue weighted by atomic mass is 10.3. The van der Waals surface area contributed by atoms with E-state index in [1.807, 2.05) is 36.0 Å². The van der Waals surface area contributed by atoms with E-state index < -0.39 is 0 Å². The van der Waals surface area contributed by atoms with Crippen LogP contribution in [0.2, 0.25) is 0 Å². The summed E-state index contributed by atoms with van der Waals surface area (Å²) in [5, 5.41) is 7.47. The van der Waals surface area contributed by atoms with Gasteiger partial charge in [0, 0.05) is 12.6 Å². The number of aryl methyl sites for hydroxylation is 1. The van der Waals surface area contributed by atoms with Crippen LogP contribution in [0.3, 0.4) is 0 Å². The van der Waals surface area contributed by atoms with Crippen LogP contribution < -0.4 is 5.32 Å². The fourth-order valence-corrected chi connectivity index (χ4v) is 1.41. The molecule has 0 aliphatic carbocycles. The molecule has 74 valence electrons. The van der Waals surface area contributed by atoms with Crippen LogP contribution in [-0.2, 0) is 6.42 Å². The average Bonchev–Trinajstić information content (AvgIpc) is 2.60. The Kier molecular flexibility index (Phi) is 2.74. The third-order valence-electron chi connectivity index (χ3n) is 2.11. The maximum Gasteiger partial charge on any atom is 0.155 e. The van der Waals surface area contributed by atoms with Gasteiger partial charge < -0.3 is 5.32 Å². The number of hydrogen-bond acceptors (Lipinski definition) is 3. The minimum absolute atomic E-state index is 0.923. The van der Waals surface area contributed by atoms with Gasteiger partial charge in [-0.3, -0.25) is 0 Å². The molecule has 4 nitrogen and oxygen atoms in total. The average molecular weight is 190 g/mol. The lowest BCUT2D eigenvalue weighted by Crippen LogP contribution is -2.08. The van der Waals surface area contributed by atoms with Crippen molar-refractivity contribution in [3.05, 3.63) is 30.2 Å². The van der Waals surface area contributed by atoms with Crippen LogP contribution >= 0.6 is 0 Å². The summed E-state index contributed by atoms with van der Waals surface area (Å²) in [6.45, 7) is 1.01. The van der Waals surface area contributed by atoms with Crippen molar-refractivity contribution in [1.82, 2.24) is 19.9 Å². The zero-order valence-corrected chi connectivity index (χ0v) is 8.27. The van der Waals surface area contributed by atoms with Crippen molar-refractivity contribution in [2.75, 3.05) is 13.6 Å². The van der Waals surface area contributed by atoms with Crippen molar-refractivity contribution >= 4 is 5.65 Å². The smallest absolute Gasteiger partial charge is 0.155 e. The minimum atomic E-state index is 0.923. The third-order valence-corrected chi connectivity index (χ3v) is 2.11. The second-order valence-electron chi connectivity index (χ2n) is 3.24. The van der Waals surface area contributed by atoms with Gasteiger partial charge in [0.1, 0.15) is 0 Å². The number of rotatable bonds is 4. The van der Waals surface area contributed by atoms with Crippen LogP contribution in [0.1, 0.15) is 12.2 Å². The normalized spacial score (nSPS) is 10.9. The summed E-state index contributed by atoms with van der Waals surface area (Å²) in [7, 11) is 1.96. The minimum Gasteiger partial charge on any atom is -0.320 e. The van der Waals surface area contributed by atoms with E-state index in [0.29, 0.717) is 0 Å². The van der Waals surface area contributed by atoms with Crippen molar-refractivity contribution in [2.45, 2.75) is 12.8 Å². The van der Waals surface area contributed by atoms with Crippen molar-refractivity contribution in [3.8, 4) is 0 Å². The predicted octanol–water partition coefficient (Wildman–Crippen LogP) is 0.881. The lowest BCUT2D eigenvalue weighted by Gasteiger charge is -1.93. The first-order chi connectivity index (χ1) is 6.90. The molecule has 0 spiro atoms. The van der Waals surface area contributed by atoms with Gasteiger partial charge in [-0.25, -0.2) is 9.50 Å². The molecule has 2 heterocycles. The zero-order chi connectivity index (χ0) is 9.80. The van der Waals surface area contributed by atoms with Gasteiger partial charge in [0.2, 0.25) is 0 Å². The maximum absolute atomic E-state index is 4.41. The number of aromatic nitrogens is 3. The molecule has 0 bridgehead atoms. The number of nitrogens with one attached hydrogen (secondary N) is 1.